The van der Waals surface area contributed by atoms with Crippen molar-refractivity contribution in [2.75, 3.05) is 11.9 Å². The number of nitrogens with one attached hydrogen (secondary N) is 1. The van der Waals surface area contributed by atoms with Crippen molar-refractivity contribution in [3.63, 3.8) is 0 Å². The van der Waals surface area contributed by atoms with E-state index in [9.17, 15) is 9.59 Å². The molecule has 3 atom stereocenters. The highest BCUT2D eigenvalue weighted by Crippen LogP contribution is 2.26. The number of nitrogens with zero attached hydrogens (tertiary/aromatic N) is 2. The van der Waals surface area contributed by atoms with Crippen molar-refractivity contribution in [3.05, 3.63) is 47.5 Å². The number of likely N-dealkylation sites (tertiary alicyclic amines) is 1. The summed E-state index contributed by atoms with van der Waals surface area (Å²) in [5.41, 5.74) is 7.20. The minimum Gasteiger partial charge on any atom is -0.330 e. The highest BCUT2D eigenvalue weighted by molar-refractivity contribution is 7.13. The van der Waals surface area contributed by atoms with Crippen molar-refractivity contribution in [1.82, 2.24) is 9.88 Å². The molecule has 2 aromatic rings. The number of benzene rings is 1. The van der Waals surface area contributed by atoms with E-state index in [1.54, 1.807) is 16.5 Å². The highest BCUT2D eigenvalue weighted by atomic mass is 32.1. The van der Waals surface area contributed by atoms with E-state index in [2.05, 4.69) is 10.3 Å². The summed E-state index contributed by atoms with van der Waals surface area (Å²) in [4.78, 5) is 31.2. The molecule has 0 saturated carbocycles. The van der Waals surface area contributed by atoms with Gasteiger partial charge in [0, 0.05) is 24.2 Å². The SMILES string of the molecule is CC(C(=O)N1CCCC1C(=O)Nc1nccs1)C(N)c1ccccc1. The Balaban J connectivity index is 1.68. The summed E-state index contributed by atoms with van der Waals surface area (Å²) in [7, 11) is 0. The third-order valence-electron chi connectivity index (χ3n) is 4.61. The molecule has 6 nitrogen and oxygen atoms in total. The predicted octanol–water partition coefficient (Wildman–Crippen LogP) is 2.41. The average molecular weight is 358 g/mol. The van der Waals surface area contributed by atoms with Crippen LogP contribution in [0.2, 0.25) is 0 Å². The predicted molar refractivity (Wildman–Crippen MR) is 98.0 cm³/mol. The lowest BCUT2D eigenvalue weighted by atomic mass is 9.94. The molecular weight excluding hydrogens is 336 g/mol. The van der Waals surface area contributed by atoms with Gasteiger partial charge in [-0.1, -0.05) is 37.3 Å². The van der Waals surface area contributed by atoms with Gasteiger partial charge in [-0.15, -0.1) is 11.3 Å². The topological polar surface area (TPSA) is 88.3 Å². The zero-order valence-corrected chi connectivity index (χ0v) is 14.9. The molecule has 1 saturated heterocycles. The van der Waals surface area contributed by atoms with Crippen LogP contribution in [0.15, 0.2) is 41.9 Å². The van der Waals surface area contributed by atoms with Gasteiger partial charge in [-0.3, -0.25) is 9.59 Å². The second kappa shape index (κ2) is 7.76. The van der Waals surface area contributed by atoms with Crippen LogP contribution < -0.4 is 11.1 Å². The molecule has 7 heteroatoms. The van der Waals surface area contributed by atoms with Crippen LogP contribution >= 0.6 is 11.3 Å². The molecule has 0 spiro atoms. The van der Waals surface area contributed by atoms with E-state index >= 15 is 0 Å². The van der Waals surface area contributed by atoms with Gasteiger partial charge in [-0.25, -0.2) is 4.98 Å². The third-order valence-corrected chi connectivity index (χ3v) is 5.30. The van der Waals surface area contributed by atoms with E-state index in [-0.39, 0.29) is 11.8 Å². The van der Waals surface area contributed by atoms with Crippen LogP contribution in [0, 0.1) is 5.92 Å². The molecule has 1 aliphatic rings. The molecular formula is C18H22N4O2S. The van der Waals surface area contributed by atoms with Crippen molar-refractivity contribution in [2.24, 2.45) is 11.7 Å². The summed E-state index contributed by atoms with van der Waals surface area (Å²) in [5.74, 6) is -0.648. The number of hydrogen-bond donors (Lipinski definition) is 2. The molecule has 1 aromatic heterocycles. The zero-order valence-electron chi connectivity index (χ0n) is 14.1. The number of anilines is 1. The molecule has 3 unspecified atom stereocenters. The van der Waals surface area contributed by atoms with Crippen LogP contribution in [-0.2, 0) is 9.59 Å². The Labute approximate surface area is 151 Å². The number of rotatable bonds is 5. The molecule has 1 fully saturated rings. The van der Waals surface area contributed by atoms with Gasteiger partial charge < -0.3 is 16.0 Å². The maximum Gasteiger partial charge on any atom is 0.248 e. The Morgan fingerprint density at radius 1 is 1.36 bits per heavy atom. The second-order valence-electron chi connectivity index (χ2n) is 6.24. The Morgan fingerprint density at radius 2 is 2.12 bits per heavy atom. The summed E-state index contributed by atoms with van der Waals surface area (Å²) in [6, 6.07) is 8.73. The summed E-state index contributed by atoms with van der Waals surface area (Å²) in [5, 5.41) is 5.15. The quantitative estimate of drug-likeness (QED) is 0.859. The summed E-state index contributed by atoms with van der Waals surface area (Å²) in [6.07, 6.45) is 3.12. The standard InChI is InChI=1S/C18H22N4O2S/c1-12(15(19)13-6-3-2-4-7-13)17(24)22-10-5-8-14(22)16(23)21-18-20-9-11-25-18/h2-4,6-7,9,11-12,14-15H,5,8,10,19H2,1H3,(H,20,21,23). The molecule has 3 N–H and O–H groups in total. The molecule has 1 aliphatic heterocycles. The Morgan fingerprint density at radius 3 is 2.80 bits per heavy atom. The van der Waals surface area contributed by atoms with Gasteiger partial charge in [0.15, 0.2) is 5.13 Å². The smallest absolute Gasteiger partial charge is 0.248 e. The normalized spacial score (nSPS) is 19.4. The first-order valence-corrected chi connectivity index (χ1v) is 9.27. The van der Waals surface area contributed by atoms with Gasteiger partial charge in [0.1, 0.15) is 6.04 Å². The van der Waals surface area contributed by atoms with Gasteiger partial charge in [-0.2, -0.15) is 0 Å². The number of aromatic nitrogens is 1. The van der Waals surface area contributed by atoms with E-state index in [1.807, 2.05) is 37.3 Å². The van der Waals surface area contributed by atoms with Crippen molar-refractivity contribution < 1.29 is 9.59 Å². The van der Waals surface area contributed by atoms with Gasteiger partial charge in [0.05, 0.1) is 5.92 Å². The molecule has 0 aliphatic carbocycles. The van der Waals surface area contributed by atoms with Crippen molar-refractivity contribution in [2.45, 2.75) is 31.8 Å². The van der Waals surface area contributed by atoms with E-state index < -0.39 is 18.0 Å². The molecule has 25 heavy (non-hydrogen) atoms. The highest BCUT2D eigenvalue weighted by Gasteiger charge is 2.37. The Kier molecular flexibility index (Phi) is 5.45. The van der Waals surface area contributed by atoms with E-state index in [0.29, 0.717) is 18.1 Å². The summed E-state index contributed by atoms with van der Waals surface area (Å²) >= 11 is 1.36. The number of nitrogens with two attached hydrogens (primary N) is 1. The van der Waals surface area contributed by atoms with Gasteiger partial charge in [0.25, 0.3) is 0 Å². The lowest BCUT2D eigenvalue weighted by Crippen LogP contribution is -2.47. The first-order chi connectivity index (χ1) is 12.1. The van der Waals surface area contributed by atoms with E-state index in [0.717, 1.165) is 12.0 Å². The van der Waals surface area contributed by atoms with Crippen LogP contribution in [0.3, 0.4) is 0 Å². The van der Waals surface area contributed by atoms with Crippen LogP contribution in [-0.4, -0.2) is 34.3 Å². The fraction of sp³-hybridized carbons (Fsp3) is 0.389. The van der Waals surface area contributed by atoms with Gasteiger partial charge in [0.2, 0.25) is 11.8 Å². The van der Waals surface area contributed by atoms with Gasteiger partial charge >= 0.3 is 0 Å². The van der Waals surface area contributed by atoms with Gasteiger partial charge in [-0.05, 0) is 18.4 Å². The van der Waals surface area contributed by atoms with E-state index in [4.69, 9.17) is 5.73 Å². The maximum absolute atomic E-state index is 12.9. The maximum atomic E-state index is 12.9. The van der Waals surface area contributed by atoms with Crippen molar-refractivity contribution in [1.29, 1.82) is 0 Å². The molecule has 0 radical (unpaired) electrons. The van der Waals surface area contributed by atoms with Crippen LogP contribution in [0.1, 0.15) is 31.4 Å². The van der Waals surface area contributed by atoms with Crippen LogP contribution in [0.5, 0.6) is 0 Å². The number of carbonyl (C=O) groups is 2. The first kappa shape index (κ1) is 17.6. The lowest BCUT2D eigenvalue weighted by molar-refractivity contribution is -0.140. The monoisotopic (exact) mass is 358 g/mol. The summed E-state index contributed by atoms with van der Waals surface area (Å²) < 4.78 is 0. The molecule has 132 valence electrons. The first-order valence-electron chi connectivity index (χ1n) is 8.39. The molecule has 0 bridgehead atoms. The summed E-state index contributed by atoms with van der Waals surface area (Å²) in [6.45, 7) is 2.41. The van der Waals surface area contributed by atoms with E-state index in [1.165, 1.54) is 11.3 Å². The average Bonchev–Trinajstić information content (AvgIpc) is 3.32. The fourth-order valence-corrected chi connectivity index (χ4v) is 3.69. The lowest BCUT2D eigenvalue weighted by Gasteiger charge is -2.29. The Hall–Kier alpha value is -2.25. The molecule has 1 aromatic carbocycles. The number of thiazole rings is 1. The van der Waals surface area contributed by atoms with Crippen molar-refractivity contribution in [3.8, 4) is 0 Å². The fourth-order valence-electron chi connectivity index (χ4n) is 3.16. The molecule has 2 heterocycles. The van der Waals surface area contributed by atoms with Crippen LogP contribution in [0.4, 0.5) is 5.13 Å². The molecule has 3 rings (SSSR count). The number of carbonyl (C=O) groups excluding carboxylic acids is 2. The number of hydrogen-bond acceptors (Lipinski definition) is 5. The minimum atomic E-state index is -0.457. The zero-order chi connectivity index (χ0) is 17.8. The van der Waals surface area contributed by atoms with Crippen LogP contribution in [0.25, 0.3) is 0 Å². The Bertz CT molecular complexity index is 720. The molecule has 2 amide bonds. The number of amides is 2. The van der Waals surface area contributed by atoms with Crippen molar-refractivity contribution >= 4 is 28.3 Å². The second-order valence-corrected chi connectivity index (χ2v) is 7.14. The minimum absolute atomic E-state index is 0.0758. The third kappa shape index (κ3) is 3.88. The largest absolute Gasteiger partial charge is 0.330 e.